The van der Waals surface area contributed by atoms with Gasteiger partial charge in [-0.05, 0) is 37.7 Å². The standard InChI is InChI=1S/C17H25NO/c18-13-17(10-4-1-5-11-17)15-6-2-3-7-16(15)19-12-14-8-9-14/h2-3,6-7,14H,1,4-5,8-13,18H2. The Bertz CT molecular complexity index is 419. The van der Waals surface area contributed by atoms with Crippen LogP contribution in [0.3, 0.4) is 0 Å². The van der Waals surface area contributed by atoms with Gasteiger partial charge in [-0.25, -0.2) is 0 Å². The van der Waals surface area contributed by atoms with Crippen molar-refractivity contribution < 1.29 is 4.74 Å². The average Bonchev–Trinajstić information content (AvgIpc) is 3.30. The average molecular weight is 259 g/mol. The molecule has 0 radical (unpaired) electrons. The van der Waals surface area contributed by atoms with Gasteiger partial charge in [-0.1, -0.05) is 37.5 Å². The van der Waals surface area contributed by atoms with E-state index in [1.54, 1.807) is 0 Å². The molecule has 0 bridgehead atoms. The first-order valence-corrected chi connectivity index (χ1v) is 7.76. The van der Waals surface area contributed by atoms with Crippen molar-refractivity contribution in [3.63, 3.8) is 0 Å². The first-order valence-electron chi connectivity index (χ1n) is 7.76. The Labute approximate surface area is 116 Å². The van der Waals surface area contributed by atoms with Crippen LogP contribution in [-0.2, 0) is 5.41 Å². The highest BCUT2D eigenvalue weighted by molar-refractivity contribution is 5.40. The van der Waals surface area contributed by atoms with E-state index in [-0.39, 0.29) is 5.41 Å². The van der Waals surface area contributed by atoms with Crippen LogP contribution in [0, 0.1) is 5.92 Å². The summed E-state index contributed by atoms with van der Waals surface area (Å²) >= 11 is 0. The lowest BCUT2D eigenvalue weighted by atomic mass is 9.69. The molecule has 2 nitrogen and oxygen atoms in total. The predicted molar refractivity (Wildman–Crippen MR) is 78.5 cm³/mol. The smallest absolute Gasteiger partial charge is 0.123 e. The number of hydrogen-bond acceptors (Lipinski definition) is 2. The summed E-state index contributed by atoms with van der Waals surface area (Å²) in [6.07, 6.45) is 9.06. The molecule has 0 saturated heterocycles. The lowest BCUT2D eigenvalue weighted by Crippen LogP contribution is -2.37. The van der Waals surface area contributed by atoms with E-state index in [1.807, 2.05) is 0 Å². The van der Waals surface area contributed by atoms with Crippen LogP contribution in [-0.4, -0.2) is 13.2 Å². The van der Waals surface area contributed by atoms with Gasteiger partial charge >= 0.3 is 0 Å². The Balaban J connectivity index is 1.83. The molecule has 0 aromatic heterocycles. The van der Waals surface area contributed by atoms with Crippen molar-refractivity contribution in [2.75, 3.05) is 13.2 Å². The van der Waals surface area contributed by atoms with Crippen LogP contribution >= 0.6 is 0 Å². The fourth-order valence-electron chi connectivity index (χ4n) is 3.33. The van der Waals surface area contributed by atoms with Crippen LogP contribution in [0.15, 0.2) is 24.3 Å². The van der Waals surface area contributed by atoms with Crippen molar-refractivity contribution in [3.8, 4) is 5.75 Å². The molecule has 0 aliphatic heterocycles. The number of rotatable bonds is 5. The monoisotopic (exact) mass is 259 g/mol. The fourth-order valence-corrected chi connectivity index (χ4v) is 3.33. The van der Waals surface area contributed by atoms with Crippen molar-refractivity contribution in [3.05, 3.63) is 29.8 Å². The largest absolute Gasteiger partial charge is 0.493 e. The minimum absolute atomic E-state index is 0.165. The lowest BCUT2D eigenvalue weighted by Gasteiger charge is -2.37. The highest BCUT2D eigenvalue weighted by Crippen LogP contribution is 2.43. The first-order chi connectivity index (χ1) is 9.34. The Morgan fingerprint density at radius 3 is 2.53 bits per heavy atom. The summed E-state index contributed by atoms with van der Waals surface area (Å²) in [4.78, 5) is 0. The Hall–Kier alpha value is -1.02. The number of para-hydroxylation sites is 1. The van der Waals surface area contributed by atoms with E-state index < -0.39 is 0 Å². The number of ether oxygens (including phenoxy) is 1. The van der Waals surface area contributed by atoms with Gasteiger partial charge in [0.2, 0.25) is 0 Å². The van der Waals surface area contributed by atoms with E-state index in [9.17, 15) is 0 Å². The van der Waals surface area contributed by atoms with Crippen molar-refractivity contribution in [2.45, 2.75) is 50.4 Å². The van der Waals surface area contributed by atoms with E-state index in [0.29, 0.717) is 0 Å². The second kappa shape index (κ2) is 5.54. The molecule has 2 fully saturated rings. The minimum Gasteiger partial charge on any atom is -0.493 e. The van der Waals surface area contributed by atoms with Gasteiger partial charge in [-0.2, -0.15) is 0 Å². The summed E-state index contributed by atoms with van der Waals surface area (Å²) in [6, 6.07) is 8.58. The maximum absolute atomic E-state index is 6.15. The highest BCUT2D eigenvalue weighted by Gasteiger charge is 2.35. The molecule has 0 heterocycles. The van der Waals surface area contributed by atoms with Gasteiger partial charge in [-0.15, -0.1) is 0 Å². The Morgan fingerprint density at radius 1 is 1.11 bits per heavy atom. The lowest BCUT2D eigenvalue weighted by molar-refractivity contribution is 0.262. The zero-order valence-electron chi connectivity index (χ0n) is 11.7. The summed E-state index contributed by atoms with van der Waals surface area (Å²) in [5.74, 6) is 1.88. The zero-order valence-corrected chi connectivity index (χ0v) is 11.7. The molecular weight excluding hydrogens is 234 g/mol. The number of benzene rings is 1. The molecule has 1 aromatic rings. The summed E-state index contributed by atoms with van der Waals surface area (Å²) in [7, 11) is 0. The molecule has 2 saturated carbocycles. The Kier molecular flexibility index (Phi) is 3.79. The van der Waals surface area contributed by atoms with Crippen LogP contribution in [0.25, 0.3) is 0 Å². The highest BCUT2D eigenvalue weighted by atomic mass is 16.5. The van der Waals surface area contributed by atoms with E-state index in [1.165, 1.54) is 50.5 Å². The van der Waals surface area contributed by atoms with Gasteiger partial charge in [0.05, 0.1) is 6.61 Å². The predicted octanol–water partition coefficient (Wildman–Crippen LogP) is 3.64. The van der Waals surface area contributed by atoms with Gasteiger partial charge < -0.3 is 10.5 Å². The van der Waals surface area contributed by atoms with E-state index in [2.05, 4.69) is 24.3 Å². The van der Waals surface area contributed by atoms with Crippen molar-refractivity contribution in [1.82, 2.24) is 0 Å². The normalized spacial score (nSPS) is 22.2. The van der Waals surface area contributed by atoms with E-state index in [0.717, 1.165) is 24.8 Å². The van der Waals surface area contributed by atoms with Gasteiger partial charge in [-0.3, -0.25) is 0 Å². The van der Waals surface area contributed by atoms with Crippen molar-refractivity contribution >= 4 is 0 Å². The van der Waals surface area contributed by atoms with E-state index in [4.69, 9.17) is 10.5 Å². The minimum atomic E-state index is 0.165. The third-order valence-corrected chi connectivity index (χ3v) is 4.83. The molecule has 0 amide bonds. The summed E-state index contributed by atoms with van der Waals surface area (Å²) in [5.41, 5.74) is 7.68. The number of hydrogen-bond donors (Lipinski definition) is 1. The molecule has 104 valence electrons. The SMILES string of the molecule is NCC1(c2ccccc2OCC2CC2)CCCCC1. The van der Waals surface area contributed by atoms with Gasteiger partial charge in [0.1, 0.15) is 5.75 Å². The second-order valence-corrected chi connectivity index (χ2v) is 6.30. The first kappa shape index (κ1) is 13.0. The molecule has 0 spiro atoms. The van der Waals surface area contributed by atoms with Crippen LogP contribution in [0.1, 0.15) is 50.5 Å². The van der Waals surface area contributed by atoms with Gasteiger partial charge in [0, 0.05) is 17.5 Å². The van der Waals surface area contributed by atoms with Crippen LogP contribution in [0.2, 0.25) is 0 Å². The molecule has 1 aromatic carbocycles. The molecule has 2 aliphatic carbocycles. The third kappa shape index (κ3) is 2.79. The molecular formula is C17H25NO. The second-order valence-electron chi connectivity index (χ2n) is 6.30. The van der Waals surface area contributed by atoms with Crippen LogP contribution < -0.4 is 10.5 Å². The maximum atomic E-state index is 6.15. The van der Waals surface area contributed by atoms with Crippen LogP contribution in [0.5, 0.6) is 5.75 Å². The fraction of sp³-hybridized carbons (Fsp3) is 0.647. The molecule has 2 N–H and O–H groups in total. The Morgan fingerprint density at radius 2 is 1.84 bits per heavy atom. The topological polar surface area (TPSA) is 35.2 Å². The molecule has 0 unspecified atom stereocenters. The summed E-state index contributed by atoms with van der Waals surface area (Å²) in [5, 5.41) is 0. The summed E-state index contributed by atoms with van der Waals surface area (Å²) in [6.45, 7) is 1.63. The van der Waals surface area contributed by atoms with Crippen molar-refractivity contribution in [2.24, 2.45) is 11.7 Å². The van der Waals surface area contributed by atoms with Gasteiger partial charge in [0.25, 0.3) is 0 Å². The quantitative estimate of drug-likeness (QED) is 0.876. The van der Waals surface area contributed by atoms with Crippen molar-refractivity contribution in [1.29, 1.82) is 0 Å². The molecule has 19 heavy (non-hydrogen) atoms. The number of nitrogens with two attached hydrogens (primary N) is 1. The maximum Gasteiger partial charge on any atom is 0.123 e. The summed E-state index contributed by atoms with van der Waals surface area (Å²) < 4.78 is 6.09. The molecule has 0 atom stereocenters. The molecule has 2 heteroatoms. The third-order valence-electron chi connectivity index (χ3n) is 4.83. The molecule has 3 rings (SSSR count). The van der Waals surface area contributed by atoms with Crippen LogP contribution in [0.4, 0.5) is 0 Å². The zero-order chi connectivity index (χ0) is 13.1. The molecule has 2 aliphatic rings. The van der Waals surface area contributed by atoms with Gasteiger partial charge in [0.15, 0.2) is 0 Å². The van der Waals surface area contributed by atoms with E-state index >= 15 is 0 Å².